The van der Waals surface area contributed by atoms with E-state index in [-0.39, 0.29) is 22.8 Å². The molecule has 0 fully saturated rings. The second-order valence-electron chi connectivity index (χ2n) is 7.58. The monoisotopic (exact) mass is 471 g/mol. The van der Waals surface area contributed by atoms with Crippen molar-refractivity contribution >= 4 is 28.3 Å². The molecule has 3 heterocycles. The fraction of sp³-hybridized carbons (Fsp3) is 0.217. The van der Waals surface area contributed by atoms with Crippen molar-refractivity contribution in [3.8, 4) is 22.2 Å². The highest BCUT2D eigenvalue weighted by Crippen LogP contribution is 2.38. The first-order chi connectivity index (χ1) is 15.8. The summed E-state index contributed by atoms with van der Waals surface area (Å²) >= 11 is 1.13. The largest absolute Gasteiger partial charge is 0.487 e. The Morgan fingerprint density at radius 2 is 1.94 bits per heavy atom. The van der Waals surface area contributed by atoms with E-state index >= 15 is 0 Å². The topological polar surface area (TPSA) is 88.6 Å². The van der Waals surface area contributed by atoms with Crippen LogP contribution in [0, 0.1) is 0 Å². The van der Waals surface area contributed by atoms with Gasteiger partial charge in [-0.05, 0) is 5.56 Å². The Hall–Kier alpha value is -3.66. The summed E-state index contributed by atoms with van der Waals surface area (Å²) in [7, 11) is 0. The highest BCUT2D eigenvalue weighted by Gasteiger charge is 2.27. The zero-order chi connectivity index (χ0) is 23.2. The number of fused-ring (bicyclic) bond motifs is 2. The van der Waals surface area contributed by atoms with E-state index in [0.29, 0.717) is 40.8 Å². The summed E-state index contributed by atoms with van der Waals surface area (Å²) in [6, 6.07) is 11.4. The third-order valence-corrected chi connectivity index (χ3v) is 6.36. The molecule has 5 rings (SSSR count). The number of rotatable bonds is 6. The van der Waals surface area contributed by atoms with Gasteiger partial charge in [0.15, 0.2) is 11.5 Å². The number of nitrogens with zero attached hydrogens (tertiary/aromatic N) is 2. The summed E-state index contributed by atoms with van der Waals surface area (Å²) < 4.78 is 46.7. The lowest BCUT2D eigenvalue weighted by Crippen LogP contribution is -2.15. The summed E-state index contributed by atoms with van der Waals surface area (Å²) in [6.45, 7) is 1.62. The van der Waals surface area contributed by atoms with Crippen LogP contribution in [0.3, 0.4) is 0 Å². The molecule has 1 aliphatic heterocycles. The molecule has 2 N–H and O–H groups in total. The van der Waals surface area contributed by atoms with Crippen LogP contribution in [0.2, 0.25) is 0 Å². The van der Waals surface area contributed by atoms with Gasteiger partial charge in [-0.15, -0.1) is 11.3 Å². The Labute approximate surface area is 191 Å². The SMILES string of the molecule is CC(F)(F)c1ccccc1COc1cc(-n2cnc3cc4c(cc32)OCCO4)sc1C(N)=O. The predicted molar refractivity (Wildman–Crippen MR) is 119 cm³/mol. The number of halogens is 2. The zero-order valence-corrected chi connectivity index (χ0v) is 18.3. The molecule has 1 amide bonds. The average Bonchev–Trinajstić information content (AvgIpc) is 3.39. The van der Waals surface area contributed by atoms with Crippen LogP contribution in [-0.4, -0.2) is 28.7 Å². The average molecular weight is 471 g/mol. The van der Waals surface area contributed by atoms with E-state index in [1.807, 2.05) is 6.07 Å². The Kier molecular flexibility index (Phi) is 5.16. The minimum absolute atomic E-state index is 0.131. The summed E-state index contributed by atoms with van der Waals surface area (Å²) in [5.74, 6) is -2.24. The first-order valence-electron chi connectivity index (χ1n) is 10.1. The molecule has 0 atom stereocenters. The number of carbonyl (C=O) groups excluding carboxylic acids is 1. The summed E-state index contributed by atoms with van der Waals surface area (Å²) in [5.41, 5.74) is 7.20. The third-order valence-electron chi connectivity index (χ3n) is 5.23. The van der Waals surface area contributed by atoms with Crippen LogP contribution in [0.5, 0.6) is 17.2 Å². The van der Waals surface area contributed by atoms with E-state index in [1.54, 1.807) is 41.2 Å². The Morgan fingerprint density at radius 1 is 1.21 bits per heavy atom. The maximum Gasteiger partial charge on any atom is 0.270 e. The van der Waals surface area contributed by atoms with Crippen LogP contribution in [0.1, 0.15) is 27.7 Å². The van der Waals surface area contributed by atoms with Crippen LogP contribution < -0.4 is 19.9 Å². The fourth-order valence-electron chi connectivity index (χ4n) is 3.71. The van der Waals surface area contributed by atoms with Crippen molar-refractivity contribution in [1.82, 2.24) is 9.55 Å². The van der Waals surface area contributed by atoms with Crippen molar-refractivity contribution in [2.75, 3.05) is 13.2 Å². The molecular weight excluding hydrogens is 452 g/mol. The minimum atomic E-state index is -3.02. The molecule has 0 aliphatic carbocycles. The van der Waals surface area contributed by atoms with E-state index in [9.17, 15) is 13.6 Å². The van der Waals surface area contributed by atoms with Crippen LogP contribution in [-0.2, 0) is 12.5 Å². The molecule has 0 spiro atoms. The van der Waals surface area contributed by atoms with Gasteiger partial charge >= 0.3 is 0 Å². The highest BCUT2D eigenvalue weighted by atomic mass is 32.1. The quantitative estimate of drug-likeness (QED) is 0.442. The van der Waals surface area contributed by atoms with Crippen molar-refractivity contribution in [3.05, 3.63) is 64.8 Å². The zero-order valence-electron chi connectivity index (χ0n) is 17.5. The number of benzene rings is 2. The maximum absolute atomic E-state index is 13.9. The third kappa shape index (κ3) is 3.97. The van der Waals surface area contributed by atoms with E-state index in [0.717, 1.165) is 23.8 Å². The molecule has 0 radical (unpaired) electrons. The van der Waals surface area contributed by atoms with Crippen molar-refractivity contribution in [2.45, 2.75) is 19.5 Å². The van der Waals surface area contributed by atoms with Crippen molar-refractivity contribution < 1.29 is 27.8 Å². The first kappa shape index (κ1) is 21.2. The van der Waals surface area contributed by atoms with Gasteiger partial charge in [0.05, 0.1) is 11.0 Å². The molecule has 33 heavy (non-hydrogen) atoms. The van der Waals surface area contributed by atoms with Gasteiger partial charge in [-0.2, -0.15) is 0 Å². The van der Waals surface area contributed by atoms with Gasteiger partial charge in [0.2, 0.25) is 0 Å². The molecule has 0 saturated heterocycles. The van der Waals surface area contributed by atoms with Gasteiger partial charge < -0.3 is 19.9 Å². The number of amides is 1. The van der Waals surface area contributed by atoms with E-state index < -0.39 is 11.8 Å². The molecule has 0 bridgehead atoms. The standard InChI is InChI=1S/C23H19F2N3O4S/c1-23(24,25)14-5-3-2-4-13(14)11-32-19-10-20(33-21(19)22(26)29)28-12-27-15-8-17-18(9-16(15)28)31-7-6-30-17/h2-5,8-10,12H,6-7,11H2,1H3,(H2,26,29). The lowest BCUT2D eigenvalue weighted by molar-refractivity contribution is 0.0156. The van der Waals surface area contributed by atoms with Gasteiger partial charge in [-0.1, -0.05) is 24.3 Å². The second-order valence-corrected chi connectivity index (χ2v) is 8.61. The maximum atomic E-state index is 13.9. The van der Waals surface area contributed by atoms with Crippen molar-refractivity contribution in [3.63, 3.8) is 0 Å². The number of thiophene rings is 1. The van der Waals surface area contributed by atoms with Crippen LogP contribution >= 0.6 is 11.3 Å². The van der Waals surface area contributed by atoms with Gasteiger partial charge in [0.25, 0.3) is 11.8 Å². The number of alkyl halides is 2. The molecule has 2 aromatic carbocycles. The number of ether oxygens (including phenoxy) is 3. The Balaban J connectivity index is 1.49. The molecule has 7 nitrogen and oxygen atoms in total. The molecule has 4 aromatic rings. The normalized spacial score (nSPS) is 13.3. The smallest absolute Gasteiger partial charge is 0.270 e. The number of primary amides is 1. The van der Waals surface area contributed by atoms with E-state index in [2.05, 4.69) is 4.98 Å². The van der Waals surface area contributed by atoms with Gasteiger partial charge in [-0.25, -0.2) is 13.8 Å². The van der Waals surface area contributed by atoms with Crippen LogP contribution in [0.4, 0.5) is 8.78 Å². The molecule has 170 valence electrons. The van der Waals surface area contributed by atoms with Gasteiger partial charge in [0, 0.05) is 30.7 Å². The molecule has 10 heteroatoms. The molecular formula is C23H19F2N3O4S. The minimum Gasteiger partial charge on any atom is -0.487 e. The predicted octanol–water partition coefficient (Wildman–Crippen LogP) is 4.65. The van der Waals surface area contributed by atoms with Gasteiger partial charge in [-0.3, -0.25) is 9.36 Å². The number of aromatic nitrogens is 2. The summed E-state index contributed by atoms with van der Waals surface area (Å²) in [4.78, 5) is 16.7. The number of hydrogen-bond acceptors (Lipinski definition) is 6. The Bertz CT molecular complexity index is 1360. The molecule has 1 aliphatic rings. The second kappa shape index (κ2) is 8.04. The lowest BCUT2D eigenvalue weighted by Gasteiger charge is -2.18. The molecule has 2 aromatic heterocycles. The van der Waals surface area contributed by atoms with Crippen molar-refractivity contribution in [2.24, 2.45) is 5.73 Å². The van der Waals surface area contributed by atoms with Crippen LogP contribution in [0.15, 0.2) is 48.8 Å². The summed E-state index contributed by atoms with van der Waals surface area (Å²) in [6.07, 6.45) is 1.61. The van der Waals surface area contributed by atoms with Crippen LogP contribution in [0.25, 0.3) is 16.0 Å². The summed E-state index contributed by atoms with van der Waals surface area (Å²) in [5, 5.41) is 0.632. The number of hydrogen-bond donors (Lipinski definition) is 1. The molecule has 0 unspecified atom stereocenters. The first-order valence-corrected chi connectivity index (χ1v) is 10.9. The van der Waals surface area contributed by atoms with Crippen molar-refractivity contribution in [1.29, 1.82) is 0 Å². The lowest BCUT2D eigenvalue weighted by atomic mass is 10.0. The van der Waals surface area contributed by atoms with E-state index in [1.165, 1.54) is 6.07 Å². The number of nitrogens with two attached hydrogens (primary N) is 1. The molecule has 0 saturated carbocycles. The van der Waals surface area contributed by atoms with E-state index in [4.69, 9.17) is 19.9 Å². The number of carbonyl (C=O) groups is 1. The fourth-order valence-corrected chi connectivity index (χ4v) is 4.65. The highest BCUT2D eigenvalue weighted by molar-refractivity contribution is 7.16. The number of imidazole rings is 1. The van der Waals surface area contributed by atoms with Gasteiger partial charge in [0.1, 0.15) is 41.8 Å². The Morgan fingerprint density at radius 3 is 2.67 bits per heavy atom.